The second kappa shape index (κ2) is 9.89. The van der Waals surface area contributed by atoms with Gasteiger partial charge in [-0.05, 0) is 71.7 Å². The summed E-state index contributed by atoms with van der Waals surface area (Å²) in [7, 11) is 0. The van der Waals surface area contributed by atoms with Crippen LogP contribution in [0.3, 0.4) is 0 Å². The lowest BCUT2D eigenvalue weighted by atomic mass is 10.0. The highest BCUT2D eigenvalue weighted by Gasteiger charge is 2.34. The maximum absolute atomic E-state index is 13.7. The molecule has 34 heavy (non-hydrogen) atoms. The third-order valence-electron chi connectivity index (χ3n) is 5.75. The van der Waals surface area contributed by atoms with Crippen molar-refractivity contribution in [2.45, 2.75) is 26.6 Å². The number of alkyl halides is 3. The van der Waals surface area contributed by atoms with E-state index in [-0.39, 0.29) is 17.8 Å². The molecular weight excluding hydrogens is 513 g/mol. The Labute approximate surface area is 203 Å². The minimum atomic E-state index is -4.53. The molecule has 0 saturated carbocycles. The van der Waals surface area contributed by atoms with Crippen LogP contribution in [0.1, 0.15) is 32.9 Å². The van der Waals surface area contributed by atoms with Crippen LogP contribution in [0.2, 0.25) is 0 Å². The van der Waals surface area contributed by atoms with Gasteiger partial charge in [-0.1, -0.05) is 6.07 Å². The van der Waals surface area contributed by atoms with Crippen LogP contribution in [0, 0.1) is 13.8 Å². The van der Waals surface area contributed by atoms with Crippen LogP contribution in [0.5, 0.6) is 0 Å². The Kier molecular flexibility index (Phi) is 7.11. The molecule has 1 amide bonds. The number of aryl methyl sites for hydroxylation is 1. The Balaban J connectivity index is 1.51. The molecule has 1 N–H and O–H groups in total. The number of carbonyl (C=O) groups is 1. The summed E-state index contributed by atoms with van der Waals surface area (Å²) in [5, 5.41) is 7.04. The second-order valence-electron chi connectivity index (χ2n) is 8.16. The molecule has 0 atom stereocenters. The fourth-order valence-corrected chi connectivity index (χ4v) is 4.14. The summed E-state index contributed by atoms with van der Waals surface area (Å²) in [6, 6.07) is 10.7. The third kappa shape index (κ3) is 5.34. The molecule has 0 bridgehead atoms. The van der Waals surface area contributed by atoms with E-state index in [2.05, 4.69) is 26.3 Å². The van der Waals surface area contributed by atoms with Crippen molar-refractivity contribution in [1.82, 2.24) is 14.7 Å². The van der Waals surface area contributed by atoms with Crippen molar-refractivity contribution < 1.29 is 22.7 Å². The summed E-state index contributed by atoms with van der Waals surface area (Å²) in [5.41, 5.74) is 2.39. The number of anilines is 1. The van der Waals surface area contributed by atoms with Crippen LogP contribution in [-0.2, 0) is 17.5 Å². The molecule has 1 saturated heterocycles. The van der Waals surface area contributed by atoms with Crippen molar-refractivity contribution in [2.75, 3.05) is 31.6 Å². The van der Waals surface area contributed by atoms with Gasteiger partial charge < -0.3 is 10.1 Å². The normalized spacial score (nSPS) is 14.9. The number of benzene rings is 2. The maximum atomic E-state index is 13.7. The topological polar surface area (TPSA) is 59.4 Å². The fourth-order valence-electron chi connectivity index (χ4n) is 3.89. The van der Waals surface area contributed by atoms with E-state index in [1.54, 1.807) is 28.9 Å². The van der Waals surface area contributed by atoms with Gasteiger partial charge in [-0.2, -0.15) is 18.3 Å². The van der Waals surface area contributed by atoms with E-state index in [1.165, 1.54) is 12.1 Å². The number of hydrogen-bond acceptors (Lipinski definition) is 4. The Morgan fingerprint density at radius 3 is 2.38 bits per heavy atom. The average Bonchev–Trinajstić information content (AvgIpc) is 3.07. The van der Waals surface area contributed by atoms with Gasteiger partial charge >= 0.3 is 6.18 Å². The zero-order valence-corrected chi connectivity index (χ0v) is 20.3. The first-order valence-electron chi connectivity index (χ1n) is 10.8. The molecule has 0 radical (unpaired) electrons. The van der Waals surface area contributed by atoms with Crippen LogP contribution in [0.25, 0.3) is 5.69 Å². The summed E-state index contributed by atoms with van der Waals surface area (Å²) < 4.78 is 49.2. The Hall–Kier alpha value is -2.69. The summed E-state index contributed by atoms with van der Waals surface area (Å²) in [4.78, 5) is 14.6. The molecule has 1 aromatic heterocycles. The molecule has 10 heteroatoms. The summed E-state index contributed by atoms with van der Waals surface area (Å²) >= 11 is 3.49. The highest BCUT2D eigenvalue weighted by Crippen LogP contribution is 2.34. The van der Waals surface area contributed by atoms with Gasteiger partial charge in [-0.15, -0.1) is 0 Å². The molecule has 0 aliphatic carbocycles. The van der Waals surface area contributed by atoms with Gasteiger partial charge in [-0.3, -0.25) is 9.69 Å². The van der Waals surface area contributed by atoms with Crippen molar-refractivity contribution in [2.24, 2.45) is 0 Å². The molecule has 2 heterocycles. The number of aromatic nitrogens is 2. The largest absolute Gasteiger partial charge is 0.416 e. The van der Waals surface area contributed by atoms with Gasteiger partial charge in [0, 0.05) is 30.9 Å². The Morgan fingerprint density at radius 1 is 1.12 bits per heavy atom. The first-order chi connectivity index (χ1) is 16.1. The van der Waals surface area contributed by atoms with E-state index < -0.39 is 17.6 Å². The summed E-state index contributed by atoms with van der Waals surface area (Å²) in [5.74, 6) is -0.491. The Morgan fingerprint density at radius 2 is 1.79 bits per heavy atom. The molecule has 0 spiro atoms. The van der Waals surface area contributed by atoms with Crippen LogP contribution >= 0.6 is 15.9 Å². The van der Waals surface area contributed by atoms with Gasteiger partial charge in [0.15, 0.2) is 0 Å². The number of hydrogen-bond donors (Lipinski definition) is 1. The number of rotatable bonds is 5. The minimum Gasteiger partial charge on any atom is -0.379 e. The third-order valence-corrected chi connectivity index (χ3v) is 6.90. The van der Waals surface area contributed by atoms with E-state index in [0.29, 0.717) is 31.9 Å². The van der Waals surface area contributed by atoms with Crippen LogP contribution in [-0.4, -0.2) is 46.9 Å². The molecule has 1 aliphatic rings. The zero-order valence-electron chi connectivity index (χ0n) is 18.7. The quantitative estimate of drug-likeness (QED) is 0.477. The van der Waals surface area contributed by atoms with E-state index in [9.17, 15) is 18.0 Å². The van der Waals surface area contributed by atoms with E-state index in [4.69, 9.17) is 4.74 Å². The molecule has 3 aromatic rings. The predicted molar refractivity (Wildman–Crippen MR) is 126 cm³/mol. The average molecular weight is 537 g/mol. The van der Waals surface area contributed by atoms with Gasteiger partial charge in [0.2, 0.25) is 0 Å². The molecule has 1 aliphatic heterocycles. The number of ether oxygens (including phenoxy) is 1. The minimum absolute atomic E-state index is 0.0922. The molecule has 180 valence electrons. The molecule has 2 aromatic carbocycles. The highest BCUT2D eigenvalue weighted by molar-refractivity contribution is 9.10. The van der Waals surface area contributed by atoms with Crippen molar-refractivity contribution in [1.29, 1.82) is 0 Å². The standard InChI is InChI=1S/C24H24BrF3N4O2/c1-15-22(25)16(2)32(30-15)20-7-4-17(5-8-20)23(33)29-19-6-3-18(21(13-19)24(26,27)28)14-31-9-11-34-12-10-31/h3-8,13H,9-12,14H2,1-2H3,(H,29,33). The van der Waals surface area contributed by atoms with E-state index in [0.717, 1.165) is 27.6 Å². The van der Waals surface area contributed by atoms with Gasteiger partial charge in [0.05, 0.1) is 40.3 Å². The predicted octanol–water partition coefficient (Wildman–Crippen LogP) is 5.35. The number of carbonyl (C=O) groups excluding carboxylic acids is 1. The van der Waals surface area contributed by atoms with Crippen molar-refractivity contribution in [3.63, 3.8) is 0 Å². The lowest BCUT2D eigenvalue weighted by molar-refractivity contribution is -0.138. The number of nitrogens with zero attached hydrogens (tertiary/aromatic N) is 3. The van der Waals surface area contributed by atoms with Crippen molar-refractivity contribution >= 4 is 27.5 Å². The zero-order chi connectivity index (χ0) is 24.5. The second-order valence-corrected chi connectivity index (χ2v) is 8.95. The van der Waals surface area contributed by atoms with E-state index in [1.807, 2.05) is 18.7 Å². The van der Waals surface area contributed by atoms with E-state index >= 15 is 0 Å². The first-order valence-corrected chi connectivity index (χ1v) is 11.6. The molecule has 6 nitrogen and oxygen atoms in total. The lowest BCUT2D eigenvalue weighted by Gasteiger charge is -2.27. The molecule has 0 unspecified atom stereocenters. The van der Waals surface area contributed by atoms with Crippen LogP contribution in [0.15, 0.2) is 46.9 Å². The SMILES string of the molecule is Cc1nn(-c2ccc(C(=O)Nc3ccc(CN4CCOCC4)c(C(F)(F)F)c3)cc2)c(C)c1Br. The van der Waals surface area contributed by atoms with Gasteiger partial charge in [-0.25, -0.2) is 4.68 Å². The smallest absolute Gasteiger partial charge is 0.379 e. The van der Waals surface area contributed by atoms with Crippen LogP contribution in [0.4, 0.5) is 18.9 Å². The summed E-state index contributed by atoms with van der Waals surface area (Å²) in [6.45, 7) is 6.16. The first kappa shape index (κ1) is 24.4. The summed E-state index contributed by atoms with van der Waals surface area (Å²) in [6.07, 6.45) is -4.53. The van der Waals surface area contributed by atoms with Crippen LogP contribution < -0.4 is 5.32 Å². The fraction of sp³-hybridized carbons (Fsp3) is 0.333. The van der Waals surface area contributed by atoms with Crippen molar-refractivity contribution in [3.05, 3.63) is 75.0 Å². The molecule has 4 rings (SSSR count). The number of amides is 1. The molecule has 1 fully saturated rings. The monoisotopic (exact) mass is 536 g/mol. The van der Waals surface area contributed by atoms with Gasteiger partial charge in [0.1, 0.15) is 0 Å². The number of morpholine rings is 1. The van der Waals surface area contributed by atoms with Gasteiger partial charge in [0.25, 0.3) is 5.91 Å². The molecular formula is C24H24BrF3N4O2. The lowest BCUT2D eigenvalue weighted by Crippen LogP contribution is -2.36. The maximum Gasteiger partial charge on any atom is 0.416 e. The highest BCUT2D eigenvalue weighted by atomic mass is 79.9. The number of nitrogens with one attached hydrogen (secondary N) is 1. The Bertz CT molecular complexity index is 1190. The number of halogens is 4. The van der Waals surface area contributed by atoms with Crippen molar-refractivity contribution in [3.8, 4) is 5.69 Å².